The first-order valence-electron chi connectivity index (χ1n) is 8.77. The Morgan fingerprint density at radius 2 is 1.59 bits per heavy atom. The van der Waals surface area contributed by atoms with Crippen LogP contribution < -0.4 is 0 Å². The maximum atomic E-state index is 5.86. The van der Waals surface area contributed by atoms with Gasteiger partial charge in [-0.2, -0.15) is 0 Å². The van der Waals surface area contributed by atoms with Crippen LogP contribution in [0.4, 0.5) is 0 Å². The molecule has 2 atom stereocenters. The second-order valence-corrected chi connectivity index (χ2v) is 7.20. The topological polar surface area (TPSA) is 15.7 Å². The Balaban J connectivity index is 1.48. The first-order valence-corrected chi connectivity index (χ1v) is 8.77. The zero-order valence-electron chi connectivity index (χ0n) is 14.3. The van der Waals surface area contributed by atoms with E-state index in [0.29, 0.717) is 12.2 Å². The van der Waals surface area contributed by atoms with Crippen molar-refractivity contribution in [2.24, 2.45) is 0 Å². The molecular formula is C19H30N2O. The fourth-order valence-electron chi connectivity index (χ4n) is 3.91. The van der Waals surface area contributed by atoms with Crippen molar-refractivity contribution in [1.82, 2.24) is 9.80 Å². The molecule has 1 aromatic rings. The Hall–Kier alpha value is -0.900. The lowest BCUT2D eigenvalue weighted by atomic mass is 10.0. The molecule has 0 N–H and O–H groups in total. The quantitative estimate of drug-likeness (QED) is 0.853. The highest BCUT2D eigenvalue weighted by Crippen LogP contribution is 2.22. The molecule has 0 amide bonds. The van der Waals surface area contributed by atoms with Gasteiger partial charge in [-0.1, -0.05) is 29.8 Å². The summed E-state index contributed by atoms with van der Waals surface area (Å²) in [6.07, 6.45) is 3.36. The second-order valence-electron chi connectivity index (χ2n) is 7.20. The molecular weight excluding hydrogens is 272 g/mol. The molecule has 3 rings (SSSR count). The molecule has 2 aliphatic heterocycles. The van der Waals surface area contributed by atoms with Gasteiger partial charge < -0.3 is 4.74 Å². The van der Waals surface area contributed by atoms with Gasteiger partial charge in [-0.15, -0.1) is 0 Å². The van der Waals surface area contributed by atoms with Crippen LogP contribution in [0.1, 0.15) is 37.8 Å². The number of morpholine rings is 1. The normalized spacial score (nSPS) is 28.9. The van der Waals surface area contributed by atoms with E-state index in [1.165, 1.54) is 37.1 Å². The molecule has 0 spiro atoms. The molecule has 0 bridgehead atoms. The molecule has 22 heavy (non-hydrogen) atoms. The van der Waals surface area contributed by atoms with E-state index in [-0.39, 0.29) is 0 Å². The van der Waals surface area contributed by atoms with Crippen molar-refractivity contribution < 1.29 is 4.74 Å². The fraction of sp³-hybridized carbons (Fsp3) is 0.684. The smallest absolute Gasteiger partial charge is 0.0678 e. The van der Waals surface area contributed by atoms with Gasteiger partial charge in [-0.3, -0.25) is 9.80 Å². The third-order valence-electron chi connectivity index (χ3n) is 5.05. The van der Waals surface area contributed by atoms with Crippen LogP contribution in [0.2, 0.25) is 0 Å². The molecule has 122 valence electrons. The van der Waals surface area contributed by atoms with Gasteiger partial charge in [-0.25, -0.2) is 0 Å². The lowest BCUT2D eigenvalue weighted by molar-refractivity contribution is -0.0865. The van der Waals surface area contributed by atoms with Gasteiger partial charge in [0, 0.05) is 25.7 Å². The van der Waals surface area contributed by atoms with Crippen LogP contribution in [0.15, 0.2) is 24.3 Å². The number of benzene rings is 1. The summed E-state index contributed by atoms with van der Waals surface area (Å²) < 4.78 is 5.86. The summed E-state index contributed by atoms with van der Waals surface area (Å²) in [6, 6.07) is 9.74. The number of ether oxygens (including phenoxy) is 1. The van der Waals surface area contributed by atoms with Gasteiger partial charge in [-0.05, 0) is 52.3 Å². The van der Waals surface area contributed by atoms with Gasteiger partial charge in [0.05, 0.1) is 12.2 Å². The highest BCUT2D eigenvalue weighted by Gasteiger charge is 2.30. The Kier molecular flexibility index (Phi) is 5.17. The minimum atomic E-state index is 0.384. The van der Waals surface area contributed by atoms with E-state index in [0.717, 1.165) is 25.7 Å². The number of likely N-dealkylation sites (tertiary alicyclic amines) is 1. The largest absolute Gasteiger partial charge is 0.373 e. The summed E-state index contributed by atoms with van der Waals surface area (Å²) in [4.78, 5) is 5.27. The maximum absolute atomic E-state index is 5.86. The third kappa shape index (κ3) is 4.09. The molecule has 0 saturated carbocycles. The van der Waals surface area contributed by atoms with Crippen LogP contribution >= 0.6 is 0 Å². The number of aryl methyl sites for hydroxylation is 1. The third-order valence-corrected chi connectivity index (χ3v) is 5.05. The molecule has 0 aromatic heterocycles. The van der Waals surface area contributed by atoms with Crippen LogP contribution in [0.5, 0.6) is 0 Å². The van der Waals surface area contributed by atoms with Gasteiger partial charge in [0.2, 0.25) is 0 Å². The number of piperidine rings is 1. The van der Waals surface area contributed by atoms with Gasteiger partial charge >= 0.3 is 0 Å². The average molecular weight is 302 g/mol. The number of hydrogen-bond acceptors (Lipinski definition) is 3. The average Bonchev–Trinajstić information content (AvgIpc) is 2.49. The summed E-state index contributed by atoms with van der Waals surface area (Å²) >= 11 is 0. The van der Waals surface area contributed by atoms with Crippen LogP contribution in [-0.4, -0.2) is 54.2 Å². The molecule has 2 fully saturated rings. The summed E-state index contributed by atoms with van der Waals surface area (Å²) in [5.41, 5.74) is 2.79. The van der Waals surface area contributed by atoms with E-state index >= 15 is 0 Å². The molecule has 3 heteroatoms. The Bertz CT molecular complexity index is 455. The first-order chi connectivity index (χ1) is 10.6. The number of rotatable bonds is 3. The maximum Gasteiger partial charge on any atom is 0.0678 e. The highest BCUT2D eigenvalue weighted by atomic mass is 16.5. The SMILES string of the molecule is Cc1ccc(CN2CCC(N3C[C@@H](C)O[C@H](C)C3)CC2)cc1. The summed E-state index contributed by atoms with van der Waals surface area (Å²) in [5.74, 6) is 0. The molecule has 3 nitrogen and oxygen atoms in total. The van der Waals surface area contributed by atoms with E-state index < -0.39 is 0 Å². The Labute approximate surface area is 135 Å². The fourth-order valence-corrected chi connectivity index (χ4v) is 3.91. The Morgan fingerprint density at radius 3 is 2.18 bits per heavy atom. The molecule has 0 aliphatic carbocycles. The monoisotopic (exact) mass is 302 g/mol. The number of hydrogen-bond donors (Lipinski definition) is 0. The van der Waals surface area contributed by atoms with Crippen LogP contribution in [-0.2, 0) is 11.3 Å². The molecule has 2 heterocycles. The summed E-state index contributed by atoms with van der Waals surface area (Å²) in [6.45, 7) is 12.3. The molecule has 0 radical (unpaired) electrons. The highest BCUT2D eigenvalue weighted by molar-refractivity contribution is 5.21. The lowest BCUT2D eigenvalue weighted by Crippen LogP contribution is -2.53. The Morgan fingerprint density at radius 1 is 1.00 bits per heavy atom. The van der Waals surface area contributed by atoms with E-state index in [4.69, 9.17) is 4.74 Å². The van der Waals surface area contributed by atoms with Gasteiger partial charge in [0.15, 0.2) is 0 Å². The van der Waals surface area contributed by atoms with Crippen molar-refractivity contribution in [3.8, 4) is 0 Å². The minimum absolute atomic E-state index is 0.384. The molecule has 1 aromatic carbocycles. The molecule has 2 saturated heterocycles. The van der Waals surface area contributed by atoms with Crippen molar-refractivity contribution >= 4 is 0 Å². The van der Waals surface area contributed by atoms with Crippen molar-refractivity contribution in [3.63, 3.8) is 0 Å². The summed E-state index contributed by atoms with van der Waals surface area (Å²) in [7, 11) is 0. The predicted octanol–water partition coefficient (Wildman–Crippen LogP) is 3.07. The zero-order valence-corrected chi connectivity index (χ0v) is 14.3. The van der Waals surface area contributed by atoms with Crippen molar-refractivity contribution in [2.45, 2.75) is 58.4 Å². The van der Waals surface area contributed by atoms with Crippen LogP contribution in [0.3, 0.4) is 0 Å². The minimum Gasteiger partial charge on any atom is -0.373 e. The molecule has 0 unspecified atom stereocenters. The lowest BCUT2D eigenvalue weighted by Gasteiger charge is -2.43. The predicted molar refractivity (Wildman–Crippen MR) is 91.1 cm³/mol. The summed E-state index contributed by atoms with van der Waals surface area (Å²) in [5, 5.41) is 0. The first kappa shape index (κ1) is 16.0. The van der Waals surface area contributed by atoms with E-state index in [1.807, 2.05) is 0 Å². The van der Waals surface area contributed by atoms with E-state index in [2.05, 4.69) is 54.8 Å². The second kappa shape index (κ2) is 7.12. The molecule has 2 aliphatic rings. The van der Waals surface area contributed by atoms with Crippen molar-refractivity contribution in [3.05, 3.63) is 35.4 Å². The van der Waals surface area contributed by atoms with Crippen LogP contribution in [0, 0.1) is 6.92 Å². The standard InChI is InChI=1S/C19H30N2O/c1-15-4-6-18(7-5-15)14-20-10-8-19(9-11-20)21-12-16(2)22-17(3)13-21/h4-7,16-17,19H,8-14H2,1-3H3/t16-,17-/m1/s1. The van der Waals surface area contributed by atoms with E-state index in [9.17, 15) is 0 Å². The van der Waals surface area contributed by atoms with Crippen molar-refractivity contribution in [1.29, 1.82) is 0 Å². The van der Waals surface area contributed by atoms with Crippen LogP contribution in [0.25, 0.3) is 0 Å². The van der Waals surface area contributed by atoms with Crippen molar-refractivity contribution in [2.75, 3.05) is 26.2 Å². The van der Waals surface area contributed by atoms with Gasteiger partial charge in [0.1, 0.15) is 0 Å². The number of nitrogens with zero attached hydrogens (tertiary/aromatic N) is 2. The zero-order chi connectivity index (χ0) is 15.5. The van der Waals surface area contributed by atoms with E-state index in [1.54, 1.807) is 0 Å². The van der Waals surface area contributed by atoms with Gasteiger partial charge in [0.25, 0.3) is 0 Å².